The van der Waals surface area contributed by atoms with Gasteiger partial charge in [0.1, 0.15) is 5.75 Å². The van der Waals surface area contributed by atoms with Crippen molar-refractivity contribution in [1.29, 1.82) is 0 Å². The third-order valence-electron chi connectivity index (χ3n) is 1.98. The molecule has 1 aromatic rings. The quantitative estimate of drug-likeness (QED) is 0.420. The van der Waals surface area contributed by atoms with E-state index in [1.807, 2.05) is 36.4 Å². The van der Waals surface area contributed by atoms with Gasteiger partial charge in [0.2, 0.25) is 0 Å². The van der Waals surface area contributed by atoms with Crippen LogP contribution in [0.2, 0.25) is 0 Å². The summed E-state index contributed by atoms with van der Waals surface area (Å²) in [7, 11) is 1.38. The van der Waals surface area contributed by atoms with Crippen molar-refractivity contribution in [1.82, 2.24) is 0 Å². The summed E-state index contributed by atoms with van der Waals surface area (Å²) in [5, 5.41) is 0. The maximum absolute atomic E-state index is 10.8. The lowest BCUT2D eigenvalue weighted by molar-refractivity contribution is -0.139. The number of hydrogen-bond donors (Lipinski definition) is 0. The molecule has 0 unspecified atom stereocenters. The zero-order valence-electron chi connectivity index (χ0n) is 9.39. The third-order valence-corrected chi connectivity index (χ3v) is 1.98. The summed E-state index contributed by atoms with van der Waals surface area (Å²) in [6.07, 6.45) is 4.81. The van der Waals surface area contributed by atoms with Crippen molar-refractivity contribution in [2.75, 3.05) is 13.7 Å². The highest BCUT2D eigenvalue weighted by atomic mass is 16.5. The van der Waals surface area contributed by atoms with Crippen LogP contribution in [0.5, 0.6) is 5.75 Å². The van der Waals surface area contributed by atoms with Gasteiger partial charge < -0.3 is 9.47 Å². The molecule has 0 bridgehead atoms. The van der Waals surface area contributed by atoms with E-state index in [-0.39, 0.29) is 5.97 Å². The summed E-state index contributed by atoms with van der Waals surface area (Å²) in [5.74, 6) is 0.643. The number of esters is 1. The molecular formula is C13H16O3. The minimum atomic E-state index is -0.222. The van der Waals surface area contributed by atoms with Crippen LogP contribution in [0.25, 0.3) is 0 Å². The van der Waals surface area contributed by atoms with Crippen molar-refractivity contribution in [2.45, 2.75) is 12.8 Å². The summed E-state index contributed by atoms with van der Waals surface area (Å²) in [5.41, 5.74) is 0. The second kappa shape index (κ2) is 7.51. The predicted octanol–water partition coefficient (Wildman–Crippen LogP) is 2.57. The molecule has 1 rings (SSSR count). The van der Waals surface area contributed by atoms with Crippen LogP contribution in [0, 0.1) is 0 Å². The largest absolute Gasteiger partial charge is 0.493 e. The third kappa shape index (κ3) is 5.20. The molecule has 1 aromatic carbocycles. The smallest absolute Gasteiger partial charge is 0.309 e. The van der Waals surface area contributed by atoms with Crippen molar-refractivity contribution >= 4 is 5.97 Å². The maximum atomic E-state index is 10.8. The molecule has 0 saturated carbocycles. The molecule has 0 heterocycles. The molecule has 0 amide bonds. The van der Waals surface area contributed by atoms with Crippen LogP contribution < -0.4 is 4.74 Å². The number of hydrogen-bond acceptors (Lipinski definition) is 3. The first kappa shape index (κ1) is 12.3. The van der Waals surface area contributed by atoms with Crippen molar-refractivity contribution in [3.05, 3.63) is 42.5 Å². The predicted molar refractivity (Wildman–Crippen MR) is 62.3 cm³/mol. The maximum Gasteiger partial charge on any atom is 0.309 e. The van der Waals surface area contributed by atoms with Gasteiger partial charge in [0.25, 0.3) is 0 Å². The van der Waals surface area contributed by atoms with E-state index in [0.29, 0.717) is 13.0 Å². The Labute approximate surface area is 95.7 Å². The standard InChI is InChI=1S/C13H16O3/c1-15-13(14)10-6-3-7-11-16-12-8-4-2-5-9-12/h2-6,8-9H,7,10-11H2,1H3/b6-3+. The van der Waals surface area contributed by atoms with Gasteiger partial charge in [-0.05, 0) is 18.6 Å². The molecule has 0 spiro atoms. The summed E-state index contributed by atoms with van der Waals surface area (Å²) in [4.78, 5) is 10.8. The molecule has 3 heteroatoms. The van der Waals surface area contributed by atoms with E-state index in [1.165, 1.54) is 7.11 Å². The van der Waals surface area contributed by atoms with Crippen LogP contribution in [-0.4, -0.2) is 19.7 Å². The molecule has 0 radical (unpaired) electrons. The highest BCUT2D eigenvalue weighted by molar-refractivity contribution is 5.70. The number of rotatable bonds is 6. The zero-order valence-corrected chi connectivity index (χ0v) is 9.39. The first-order valence-electron chi connectivity index (χ1n) is 5.22. The summed E-state index contributed by atoms with van der Waals surface area (Å²) in [6, 6.07) is 9.64. The zero-order chi connectivity index (χ0) is 11.6. The second-order valence-electron chi connectivity index (χ2n) is 3.20. The van der Waals surface area contributed by atoms with Gasteiger partial charge >= 0.3 is 5.97 Å². The average molecular weight is 220 g/mol. The molecule has 0 atom stereocenters. The molecule has 0 aromatic heterocycles. The first-order chi connectivity index (χ1) is 7.83. The topological polar surface area (TPSA) is 35.5 Å². The highest BCUT2D eigenvalue weighted by Gasteiger charge is 1.93. The average Bonchev–Trinajstić information content (AvgIpc) is 2.34. The van der Waals surface area contributed by atoms with Crippen molar-refractivity contribution in [2.24, 2.45) is 0 Å². The van der Waals surface area contributed by atoms with Gasteiger partial charge in [-0.2, -0.15) is 0 Å². The number of ether oxygens (including phenoxy) is 2. The van der Waals surface area contributed by atoms with Crippen molar-refractivity contribution < 1.29 is 14.3 Å². The summed E-state index contributed by atoms with van der Waals surface area (Å²) in [6.45, 7) is 0.613. The highest BCUT2D eigenvalue weighted by Crippen LogP contribution is 2.08. The van der Waals surface area contributed by atoms with Crippen molar-refractivity contribution in [3.63, 3.8) is 0 Å². The minimum Gasteiger partial charge on any atom is -0.493 e. The molecule has 0 saturated heterocycles. The Bertz CT molecular complexity index is 330. The number of carbonyl (C=O) groups is 1. The molecule has 86 valence electrons. The van der Waals surface area contributed by atoms with Crippen LogP contribution in [0.15, 0.2) is 42.5 Å². The number of para-hydroxylation sites is 1. The monoisotopic (exact) mass is 220 g/mol. The van der Waals surface area contributed by atoms with Crippen LogP contribution in [-0.2, 0) is 9.53 Å². The van der Waals surface area contributed by atoms with Gasteiger partial charge in [0, 0.05) is 0 Å². The molecular weight excluding hydrogens is 204 g/mol. The van der Waals surface area contributed by atoms with Crippen molar-refractivity contribution in [3.8, 4) is 5.75 Å². The normalized spacial score (nSPS) is 10.3. The van der Waals surface area contributed by atoms with Crippen LogP contribution >= 0.6 is 0 Å². The van der Waals surface area contributed by atoms with E-state index in [0.717, 1.165) is 12.2 Å². The molecule has 0 aliphatic heterocycles. The lowest BCUT2D eigenvalue weighted by Gasteiger charge is -2.02. The summed E-state index contributed by atoms with van der Waals surface area (Å²) >= 11 is 0. The SMILES string of the molecule is COC(=O)C/C=C/CCOc1ccccc1. The van der Waals surface area contributed by atoms with Gasteiger partial charge in [-0.3, -0.25) is 4.79 Å². The second-order valence-corrected chi connectivity index (χ2v) is 3.20. The van der Waals surface area contributed by atoms with E-state index in [2.05, 4.69) is 4.74 Å². The fourth-order valence-electron chi connectivity index (χ4n) is 1.14. The Morgan fingerprint density at radius 1 is 1.25 bits per heavy atom. The number of methoxy groups -OCH3 is 1. The van der Waals surface area contributed by atoms with Crippen LogP contribution in [0.1, 0.15) is 12.8 Å². The van der Waals surface area contributed by atoms with Gasteiger partial charge in [-0.1, -0.05) is 30.4 Å². The first-order valence-corrected chi connectivity index (χ1v) is 5.22. The molecule has 0 N–H and O–H groups in total. The van der Waals surface area contributed by atoms with Gasteiger partial charge in [-0.15, -0.1) is 0 Å². The molecule has 0 fully saturated rings. The number of carbonyl (C=O) groups excluding carboxylic acids is 1. The van der Waals surface area contributed by atoms with Crippen LogP contribution in [0.4, 0.5) is 0 Å². The molecule has 16 heavy (non-hydrogen) atoms. The minimum absolute atomic E-state index is 0.222. The molecule has 0 aliphatic carbocycles. The Balaban J connectivity index is 2.10. The Morgan fingerprint density at radius 2 is 2.00 bits per heavy atom. The molecule has 3 nitrogen and oxygen atoms in total. The van der Waals surface area contributed by atoms with Gasteiger partial charge in [-0.25, -0.2) is 0 Å². The van der Waals surface area contributed by atoms with Gasteiger partial charge in [0.05, 0.1) is 20.1 Å². The van der Waals surface area contributed by atoms with E-state index in [9.17, 15) is 4.79 Å². The van der Waals surface area contributed by atoms with E-state index >= 15 is 0 Å². The Kier molecular flexibility index (Phi) is 5.78. The number of benzene rings is 1. The lowest BCUT2D eigenvalue weighted by Crippen LogP contribution is -1.97. The van der Waals surface area contributed by atoms with E-state index in [4.69, 9.17) is 4.74 Å². The fourth-order valence-corrected chi connectivity index (χ4v) is 1.14. The summed E-state index contributed by atoms with van der Waals surface area (Å²) < 4.78 is 9.98. The van der Waals surface area contributed by atoms with E-state index in [1.54, 1.807) is 6.08 Å². The van der Waals surface area contributed by atoms with Gasteiger partial charge in [0.15, 0.2) is 0 Å². The Hall–Kier alpha value is -1.77. The fraction of sp³-hybridized carbons (Fsp3) is 0.308. The molecule has 0 aliphatic rings. The van der Waals surface area contributed by atoms with Crippen LogP contribution in [0.3, 0.4) is 0 Å². The van der Waals surface area contributed by atoms with E-state index < -0.39 is 0 Å². The Morgan fingerprint density at radius 3 is 2.69 bits per heavy atom. The lowest BCUT2D eigenvalue weighted by atomic mass is 10.3.